The van der Waals surface area contributed by atoms with E-state index in [9.17, 15) is 9.18 Å². The van der Waals surface area contributed by atoms with Gasteiger partial charge >= 0.3 is 0 Å². The van der Waals surface area contributed by atoms with Crippen molar-refractivity contribution < 1.29 is 23.0 Å². The highest BCUT2D eigenvalue weighted by Crippen LogP contribution is 2.40. The maximum atomic E-state index is 15.1. The predicted molar refractivity (Wildman–Crippen MR) is 138 cm³/mol. The first-order valence-corrected chi connectivity index (χ1v) is 12.2. The highest BCUT2D eigenvalue weighted by Gasteiger charge is 2.24. The van der Waals surface area contributed by atoms with Gasteiger partial charge in [0, 0.05) is 42.4 Å². The number of fused-ring (bicyclic) bond motifs is 1. The van der Waals surface area contributed by atoms with Crippen LogP contribution in [0, 0.1) is 18.2 Å². The molecule has 1 saturated heterocycles. The van der Waals surface area contributed by atoms with Crippen LogP contribution in [0.1, 0.15) is 23.6 Å². The van der Waals surface area contributed by atoms with Crippen LogP contribution < -0.4 is 10.1 Å². The summed E-state index contributed by atoms with van der Waals surface area (Å²) >= 11 is 0. The van der Waals surface area contributed by atoms with E-state index in [0.717, 1.165) is 30.3 Å². The SMILES string of the molecule is [C-]#[N+]c1c(Nc2ccc(CC(=O)CN3CCOCC3)cc2)ncnc1Oc1cc(F)c2c(c1F)C=C(C)C2. The molecule has 0 radical (unpaired) electrons. The second-order valence-electron chi connectivity index (χ2n) is 9.25. The van der Waals surface area contributed by atoms with Crippen molar-refractivity contribution in [2.45, 2.75) is 19.8 Å². The molecule has 0 saturated carbocycles. The number of benzene rings is 2. The molecule has 1 aliphatic carbocycles. The average molecular weight is 518 g/mol. The number of ether oxygens (including phenoxy) is 2. The first kappa shape index (κ1) is 25.4. The van der Waals surface area contributed by atoms with Crippen molar-refractivity contribution in [1.82, 2.24) is 14.9 Å². The van der Waals surface area contributed by atoms with E-state index >= 15 is 4.39 Å². The summed E-state index contributed by atoms with van der Waals surface area (Å²) in [6, 6.07) is 8.18. The third-order valence-electron chi connectivity index (χ3n) is 6.40. The minimum absolute atomic E-state index is 0.0794. The third kappa shape index (κ3) is 5.54. The van der Waals surface area contributed by atoms with E-state index in [4.69, 9.17) is 16.0 Å². The van der Waals surface area contributed by atoms with Crippen LogP contribution in [0.2, 0.25) is 0 Å². The van der Waals surface area contributed by atoms with E-state index in [0.29, 0.717) is 38.3 Å². The lowest BCUT2D eigenvalue weighted by atomic mass is 10.1. The molecule has 1 fully saturated rings. The van der Waals surface area contributed by atoms with Gasteiger partial charge in [-0.2, -0.15) is 0 Å². The lowest BCUT2D eigenvalue weighted by Crippen LogP contribution is -2.39. The first-order chi connectivity index (χ1) is 18.4. The van der Waals surface area contributed by atoms with Gasteiger partial charge in [-0.1, -0.05) is 23.8 Å². The van der Waals surface area contributed by atoms with E-state index < -0.39 is 11.6 Å². The number of carbonyl (C=O) groups excluding carboxylic acids is 1. The lowest BCUT2D eigenvalue weighted by Gasteiger charge is -2.25. The van der Waals surface area contributed by atoms with Crippen LogP contribution in [0.3, 0.4) is 0 Å². The zero-order chi connectivity index (χ0) is 26.6. The number of anilines is 2. The number of allylic oxidation sites excluding steroid dienone is 1. The Morgan fingerprint density at radius 2 is 1.97 bits per heavy atom. The quantitative estimate of drug-likeness (QED) is 0.409. The fraction of sp³-hybridized carbons (Fsp3) is 0.286. The molecule has 0 unspecified atom stereocenters. The topological polar surface area (TPSA) is 80.9 Å². The maximum absolute atomic E-state index is 15.1. The van der Waals surface area contributed by atoms with E-state index in [1.165, 1.54) is 6.33 Å². The van der Waals surface area contributed by atoms with E-state index in [1.54, 1.807) is 25.1 Å². The maximum Gasteiger partial charge on any atom is 0.288 e. The van der Waals surface area contributed by atoms with Crippen molar-refractivity contribution in [2.24, 2.45) is 0 Å². The molecule has 38 heavy (non-hydrogen) atoms. The van der Waals surface area contributed by atoms with Crippen molar-refractivity contribution >= 4 is 29.1 Å². The largest absolute Gasteiger partial charge is 0.446 e. The summed E-state index contributed by atoms with van der Waals surface area (Å²) in [6.45, 7) is 12.6. The minimum atomic E-state index is -0.707. The second-order valence-corrected chi connectivity index (χ2v) is 9.25. The van der Waals surface area contributed by atoms with E-state index in [2.05, 4.69) is 25.0 Å². The smallest absolute Gasteiger partial charge is 0.288 e. The zero-order valence-corrected chi connectivity index (χ0v) is 20.8. The predicted octanol–water partition coefficient (Wildman–Crippen LogP) is 5.24. The number of aromatic nitrogens is 2. The van der Waals surface area contributed by atoms with Crippen LogP contribution in [-0.2, 0) is 22.4 Å². The summed E-state index contributed by atoms with van der Waals surface area (Å²) in [5, 5.41) is 3.04. The Labute approximate surface area is 218 Å². The molecule has 2 aliphatic rings. The number of nitrogens with one attached hydrogen (secondary N) is 1. The minimum Gasteiger partial charge on any atom is -0.446 e. The van der Waals surface area contributed by atoms with Gasteiger partial charge in [0.1, 0.15) is 18.0 Å². The van der Waals surface area contributed by atoms with Crippen LogP contribution in [-0.4, -0.2) is 53.5 Å². The van der Waals surface area contributed by atoms with Gasteiger partial charge in [-0.3, -0.25) is 9.69 Å². The molecule has 3 aromatic rings. The molecular weight excluding hydrogens is 492 g/mol. The molecule has 1 aromatic heterocycles. The number of Topliss-reactive ketones (excluding diaryl/α,β-unsaturated/α-hetero) is 1. The van der Waals surface area contributed by atoms with Crippen molar-refractivity contribution in [3.05, 3.63) is 82.0 Å². The fourth-order valence-electron chi connectivity index (χ4n) is 4.51. The molecule has 1 N–H and O–H groups in total. The first-order valence-electron chi connectivity index (χ1n) is 12.2. The van der Waals surface area contributed by atoms with Crippen LogP contribution in [0.15, 0.2) is 42.2 Å². The standard InChI is InChI=1S/C28H25F2N5O3/c1-17-11-21-22(12-17)25(30)24(14-23(21)29)38-28-26(31-2)27(32-16-33-28)34-19-5-3-18(4-6-19)13-20(36)15-35-7-9-37-10-8-35/h3-6,12,14,16H,7-11,13,15H2,1H3,(H,32,33,34). The Balaban J connectivity index is 1.29. The molecular formula is C28H25F2N5O3. The van der Waals surface area contributed by atoms with E-state index in [1.807, 2.05) is 12.1 Å². The molecule has 2 aromatic carbocycles. The number of ketones is 1. The Hall–Kier alpha value is -4.20. The van der Waals surface area contributed by atoms with Crippen LogP contribution in [0.4, 0.5) is 26.0 Å². The molecule has 2 heterocycles. The van der Waals surface area contributed by atoms with Gasteiger partial charge in [0.15, 0.2) is 17.3 Å². The monoisotopic (exact) mass is 517 g/mol. The number of nitrogens with zero attached hydrogens (tertiary/aromatic N) is 4. The Morgan fingerprint density at radius 1 is 1.21 bits per heavy atom. The average Bonchev–Trinajstić information content (AvgIpc) is 3.31. The van der Waals surface area contributed by atoms with Crippen molar-refractivity contribution in [1.29, 1.82) is 0 Å². The van der Waals surface area contributed by atoms with Crippen molar-refractivity contribution in [3.63, 3.8) is 0 Å². The van der Waals surface area contributed by atoms with Crippen molar-refractivity contribution in [3.8, 4) is 11.6 Å². The Bertz CT molecular complexity index is 1440. The molecule has 1 aliphatic heterocycles. The highest BCUT2D eigenvalue weighted by atomic mass is 19.1. The highest BCUT2D eigenvalue weighted by molar-refractivity contribution is 5.83. The molecule has 0 amide bonds. The molecule has 10 heteroatoms. The number of morpholine rings is 1. The van der Waals surface area contributed by atoms with E-state index in [-0.39, 0.29) is 40.0 Å². The van der Waals surface area contributed by atoms with Gasteiger partial charge in [0.25, 0.3) is 5.69 Å². The van der Waals surface area contributed by atoms with Gasteiger partial charge in [0.05, 0.1) is 26.3 Å². The van der Waals surface area contributed by atoms with Gasteiger partial charge in [-0.05, 0) is 31.0 Å². The molecule has 0 bridgehead atoms. The van der Waals surface area contributed by atoms with Gasteiger partial charge < -0.3 is 14.8 Å². The number of hydrogen-bond acceptors (Lipinski definition) is 7. The van der Waals surface area contributed by atoms with Crippen molar-refractivity contribution in [2.75, 3.05) is 38.2 Å². The summed E-state index contributed by atoms with van der Waals surface area (Å²) in [5.41, 5.74) is 2.69. The van der Waals surface area contributed by atoms with Crippen LogP contribution in [0.5, 0.6) is 11.6 Å². The number of rotatable bonds is 8. The summed E-state index contributed by atoms with van der Waals surface area (Å²) in [6.07, 6.45) is 3.42. The summed E-state index contributed by atoms with van der Waals surface area (Å²) in [7, 11) is 0. The van der Waals surface area contributed by atoms with Crippen LogP contribution >= 0.6 is 0 Å². The summed E-state index contributed by atoms with van der Waals surface area (Å²) in [5.74, 6) is -1.56. The number of carbonyl (C=O) groups is 1. The molecule has 0 atom stereocenters. The lowest BCUT2D eigenvalue weighted by molar-refractivity contribution is -0.120. The normalized spacial score (nSPS) is 14.9. The zero-order valence-electron chi connectivity index (χ0n) is 20.8. The van der Waals surface area contributed by atoms with Gasteiger partial charge in [-0.25, -0.2) is 23.6 Å². The number of hydrogen-bond donors (Lipinski definition) is 1. The molecule has 8 nitrogen and oxygen atoms in total. The molecule has 5 rings (SSSR count). The van der Waals surface area contributed by atoms with Gasteiger partial charge in [-0.15, -0.1) is 0 Å². The summed E-state index contributed by atoms with van der Waals surface area (Å²) < 4.78 is 40.5. The molecule has 0 spiro atoms. The Morgan fingerprint density at radius 3 is 2.71 bits per heavy atom. The third-order valence-corrected chi connectivity index (χ3v) is 6.40. The van der Waals surface area contributed by atoms with Gasteiger partial charge in [0.2, 0.25) is 5.88 Å². The second kappa shape index (κ2) is 11.0. The number of halogens is 2. The van der Waals surface area contributed by atoms with Crippen LogP contribution in [0.25, 0.3) is 10.9 Å². The molecule has 194 valence electrons. The Kier molecular flexibility index (Phi) is 7.40. The summed E-state index contributed by atoms with van der Waals surface area (Å²) in [4.78, 5) is 26.1. The fourth-order valence-corrected chi connectivity index (χ4v) is 4.51.